The number of amides is 1. The molecule has 1 aromatic carbocycles. The van der Waals surface area contributed by atoms with Crippen LogP contribution in [0.4, 0.5) is 5.13 Å². The van der Waals surface area contributed by atoms with Gasteiger partial charge < -0.3 is 4.52 Å². The fraction of sp³-hybridized carbons (Fsp3) is 0.350. The molecule has 0 radical (unpaired) electrons. The molecule has 1 aliphatic rings. The van der Waals surface area contributed by atoms with E-state index in [4.69, 9.17) is 4.52 Å². The second-order valence-corrected chi connectivity index (χ2v) is 8.74. The summed E-state index contributed by atoms with van der Waals surface area (Å²) < 4.78 is 5.23. The SMILES string of the molecule is Cc1noc(C)c1CSc1ccccc1C(=O)Nc1nc2c(s1)CCCC2. The summed E-state index contributed by atoms with van der Waals surface area (Å²) in [7, 11) is 0. The molecule has 0 aliphatic heterocycles. The molecule has 5 nitrogen and oxygen atoms in total. The standard InChI is InChI=1S/C20H21N3O2S2/c1-12-15(13(2)25-23-12)11-26-17-9-5-3-7-14(17)19(24)22-20-21-16-8-4-6-10-18(16)27-20/h3,5,7,9H,4,6,8,10-11H2,1-2H3,(H,21,22,24). The number of benzene rings is 1. The maximum atomic E-state index is 12.9. The number of fused-ring (bicyclic) bond motifs is 1. The first-order chi connectivity index (χ1) is 13.1. The number of anilines is 1. The normalized spacial score (nSPS) is 13.4. The van der Waals surface area contributed by atoms with E-state index in [9.17, 15) is 4.79 Å². The van der Waals surface area contributed by atoms with Gasteiger partial charge in [-0.05, 0) is 51.7 Å². The van der Waals surface area contributed by atoms with Crippen molar-refractivity contribution in [3.63, 3.8) is 0 Å². The highest BCUT2D eigenvalue weighted by molar-refractivity contribution is 7.98. The van der Waals surface area contributed by atoms with Crippen LogP contribution in [0.3, 0.4) is 0 Å². The molecular weight excluding hydrogens is 378 g/mol. The van der Waals surface area contributed by atoms with Crippen molar-refractivity contribution in [2.24, 2.45) is 0 Å². The number of nitrogens with zero attached hydrogens (tertiary/aromatic N) is 2. The highest BCUT2D eigenvalue weighted by Gasteiger charge is 2.19. The largest absolute Gasteiger partial charge is 0.361 e. The van der Waals surface area contributed by atoms with E-state index in [1.54, 1.807) is 23.1 Å². The Labute approximate surface area is 166 Å². The minimum absolute atomic E-state index is 0.108. The van der Waals surface area contributed by atoms with E-state index in [2.05, 4.69) is 15.5 Å². The summed E-state index contributed by atoms with van der Waals surface area (Å²) in [5.41, 5.74) is 3.81. The van der Waals surface area contributed by atoms with Gasteiger partial charge in [0.2, 0.25) is 0 Å². The number of hydrogen-bond donors (Lipinski definition) is 1. The van der Waals surface area contributed by atoms with Crippen molar-refractivity contribution in [3.05, 3.63) is 57.4 Å². The first kappa shape index (κ1) is 18.3. The molecule has 140 valence electrons. The van der Waals surface area contributed by atoms with Gasteiger partial charge in [0.05, 0.1) is 17.0 Å². The summed E-state index contributed by atoms with van der Waals surface area (Å²) in [5.74, 6) is 1.44. The second-order valence-electron chi connectivity index (χ2n) is 6.64. The number of aryl methyl sites for hydroxylation is 4. The Morgan fingerprint density at radius 3 is 2.85 bits per heavy atom. The van der Waals surface area contributed by atoms with E-state index in [-0.39, 0.29) is 5.91 Å². The summed E-state index contributed by atoms with van der Waals surface area (Å²) in [5, 5.41) is 7.70. The fourth-order valence-electron chi connectivity index (χ4n) is 3.21. The zero-order valence-electron chi connectivity index (χ0n) is 15.4. The van der Waals surface area contributed by atoms with Crippen molar-refractivity contribution in [2.45, 2.75) is 50.2 Å². The summed E-state index contributed by atoms with van der Waals surface area (Å²) >= 11 is 3.23. The van der Waals surface area contributed by atoms with Crippen LogP contribution in [-0.2, 0) is 18.6 Å². The first-order valence-corrected chi connectivity index (χ1v) is 10.9. The van der Waals surface area contributed by atoms with Crippen LogP contribution >= 0.6 is 23.1 Å². The third-order valence-corrected chi connectivity index (χ3v) is 6.92. The smallest absolute Gasteiger partial charge is 0.258 e. The molecule has 0 unspecified atom stereocenters. The van der Waals surface area contributed by atoms with Gasteiger partial charge in [0, 0.05) is 21.1 Å². The Hall–Kier alpha value is -2.12. The van der Waals surface area contributed by atoms with Crippen molar-refractivity contribution in [1.29, 1.82) is 0 Å². The van der Waals surface area contributed by atoms with Gasteiger partial charge >= 0.3 is 0 Å². The van der Waals surface area contributed by atoms with Crippen LogP contribution in [0.2, 0.25) is 0 Å². The van der Waals surface area contributed by atoms with Crippen LogP contribution in [-0.4, -0.2) is 16.0 Å². The Morgan fingerprint density at radius 1 is 1.26 bits per heavy atom. The topological polar surface area (TPSA) is 68.0 Å². The summed E-state index contributed by atoms with van der Waals surface area (Å²) in [6, 6.07) is 7.68. The van der Waals surface area contributed by atoms with E-state index in [1.165, 1.54) is 17.7 Å². The fourth-order valence-corrected chi connectivity index (χ4v) is 5.46. The monoisotopic (exact) mass is 399 g/mol. The number of nitrogens with one attached hydrogen (secondary N) is 1. The van der Waals surface area contributed by atoms with Crippen LogP contribution in [0.1, 0.15) is 50.8 Å². The number of rotatable bonds is 5. The van der Waals surface area contributed by atoms with Crippen LogP contribution in [0.5, 0.6) is 0 Å². The quantitative estimate of drug-likeness (QED) is 0.599. The average Bonchev–Trinajstić information content (AvgIpc) is 3.22. The van der Waals surface area contributed by atoms with Gasteiger partial charge in [-0.1, -0.05) is 17.3 Å². The van der Waals surface area contributed by atoms with Gasteiger partial charge in [-0.25, -0.2) is 4.98 Å². The zero-order valence-corrected chi connectivity index (χ0v) is 17.0. The van der Waals surface area contributed by atoms with Gasteiger partial charge in [0.15, 0.2) is 5.13 Å². The van der Waals surface area contributed by atoms with Gasteiger partial charge in [0.1, 0.15) is 5.76 Å². The predicted octanol–water partition coefficient (Wildman–Crippen LogP) is 5.17. The van der Waals surface area contributed by atoms with Gasteiger partial charge in [-0.3, -0.25) is 10.1 Å². The molecule has 0 saturated carbocycles. The number of aromatic nitrogens is 2. The third kappa shape index (κ3) is 3.94. The number of thiazole rings is 1. The molecule has 1 aliphatic carbocycles. The Balaban J connectivity index is 1.50. The van der Waals surface area contributed by atoms with E-state index >= 15 is 0 Å². The average molecular weight is 400 g/mol. The molecule has 1 amide bonds. The Bertz CT molecular complexity index is 935. The molecule has 0 fully saturated rings. The van der Waals surface area contributed by atoms with Crippen LogP contribution in [0.25, 0.3) is 0 Å². The van der Waals surface area contributed by atoms with Crippen LogP contribution < -0.4 is 5.32 Å². The Morgan fingerprint density at radius 2 is 2.07 bits per heavy atom. The first-order valence-electron chi connectivity index (χ1n) is 9.05. The maximum absolute atomic E-state index is 12.9. The van der Waals surface area contributed by atoms with Gasteiger partial charge in [-0.2, -0.15) is 0 Å². The second kappa shape index (κ2) is 7.86. The third-order valence-electron chi connectivity index (χ3n) is 4.75. The highest BCUT2D eigenvalue weighted by atomic mass is 32.2. The molecule has 27 heavy (non-hydrogen) atoms. The molecule has 4 rings (SSSR count). The van der Waals surface area contributed by atoms with E-state index in [1.807, 2.05) is 38.1 Å². The molecule has 0 spiro atoms. The minimum atomic E-state index is -0.108. The number of carbonyl (C=O) groups is 1. The minimum Gasteiger partial charge on any atom is -0.361 e. The van der Waals surface area contributed by atoms with E-state index in [0.717, 1.165) is 46.2 Å². The van der Waals surface area contributed by atoms with Crippen molar-refractivity contribution >= 4 is 34.1 Å². The van der Waals surface area contributed by atoms with E-state index < -0.39 is 0 Å². The zero-order chi connectivity index (χ0) is 18.8. The maximum Gasteiger partial charge on any atom is 0.258 e. The molecular formula is C20H21N3O2S2. The highest BCUT2D eigenvalue weighted by Crippen LogP contribution is 2.32. The summed E-state index contributed by atoms with van der Waals surface area (Å²) in [6.45, 7) is 3.86. The lowest BCUT2D eigenvalue weighted by Gasteiger charge is -2.08. The lowest BCUT2D eigenvalue weighted by molar-refractivity contribution is 0.102. The molecule has 3 aromatic rings. The lowest BCUT2D eigenvalue weighted by atomic mass is 10.0. The molecule has 2 aromatic heterocycles. The molecule has 0 atom stereocenters. The molecule has 0 bridgehead atoms. The number of hydrogen-bond acceptors (Lipinski definition) is 6. The lowest BCUT2D eigenvalue weighted by Crippen LogP contribution is -2.13. The van der Waals surface area contributed by atoms with Crippen LogP contribution in [0, 0.1) is 13.8 Å². The Kier molecular flexibility index (Phi) is 5.31. The molecule has 7 heteroatoms. The van der Waals surface area contributed by atoms with Gasteiger partial charge in [0.25, 0.3) is 5.91 Å². The van der Waals surface area contributed by atoms with Gasteiger partial charge in [-0.15, -0.1) is 23.1 Å². The summed E-state index contributed by atoms with van der Waals surface area (Å²) in [4.78, 5) is 19.7. The molecule has 0 saturated heterocycles. The molecule has 1 N–H and O–H groups in total. The molecule has 2 heterocycles. The predicted molar refractivity (Wildman–Crippen MR) is 109 cm³/mol. The number of carbonyl (C=O) groups excluding carboxylic acids is 1. The number of thioether (sulfide) groups is 1. The summed E-state index contributed by atoms with van der Waals surface area (Å²) in [6.07, 6.45) is 4.49. The van der Waals surface area contributed by atoms with Crippen LogP contribution in [0.15, 0.2) is 33.7 Å². The van der Waals surface area contributed by atoms with Crippen molar-refractivity contribution in [3.8, 4) is 0 Å². The van der Waals surface area contributed by atoms with Crippen molar-refractivity contribution < 1.29 is 9.32 Å². The van der Waals surface area contributed by atoms with Crippen molar-refractivity contribution in [1.82, 2.24) is 10.1 Å². The van der Waals surface area contributed by atoms with E-state index in [0.29, 0.717) is 10.7 Å². The van der Waals surface area contributed by atoms with Crippen molar-refractivity contribution in [2.75, 3.05) is 5.32 Å².